The Hall–Kier alpha value is -4.06. The average Bonchev–Trinajstić information content (AvgIpc) is 3.55. The van der Waals surface area contributed by atoms with Crippen LogP contribution in [0, 0.1) is 0 Å². The van der Waals surface area contributed by atoms with E-state index < -0.39 is 18.3 Å². The summed E-state index contributed by atoms with van der Waals surface area (Å²) >= 11 is 0. The van der Waals surface area contributed by atoms with Crippen molar-refractivity contribution in [2.24, 2.45) is 0 Å². The van der Waals surface area contributed by atoms with Gasteiger partial charge in [0, 0.05) is 38.1 Å². The van der Waals surface area contributed by atoms with Gasteiger partial charge < -0.3 is 18.1 Å². The maximum absolute atomic E-state index is 6.81. The van der Waals surface area contributed by atoms with E-state index in [9.17, 15) is 0 Å². The van der Waals surface area contributed by atoms with Gasteiger partial charge in [0.1, 0.15) is 22.3 Å². The van der Waals surface area contributed by atoms with Crippen LogP contribution >= 0.6 is 0 Å². The van der Waals surface area contributed by atoms with Crippen molar-refractivity contribution in [2.75, 3.05) is 0 Å². The molecule has 0 spiro atoms. The number of para-hydroxylation sites is 3. The monoisotopic (exact) mass is 510 g/mol. The molecule has 0 N–H and O–H groups in total. The van der Waals surface area contributed by atoms with Gasteiger partial charge in [0.25, 0.3) is 0 Å². The number of hydrogen-bond acceptors (Lipinski definition) is 4. The highest BCUT2D eigenvalue weighted by molar-refractivity contribution is 6.65. The Labute approximate surface area is 226 Å². The Bertz CT molecular complexity index is 2080. The maximum atomic E-state index is 6.81. The Morgan fingerprint density at radius 2 is 1.21 bits per heavy atom. The summed E-state index contributed by atoms with van der Waals surface area (Å²) in [6.45, 7) is 8.30. The normalized spacial score (nSPS) is 16.9. The summed E-state index contributed by atoms with van der Waals surface area (Å²) in [6, 6.07) is 31.5. The van der Waals surface area contributed by atoms with Crippen molar-refractivity contribution in [1.82, 2.24) is 0 Å². The highest BCUT2D eigenvalue weighted by Gasteiger charge is 2.52. The molecule has 0 amide bonds. The molecule has 7 aromatic rings. The number of hydrogen-bond donors (Lipinski definition) is 0. The van der Waals surface area contributed by atoms with Crippen LogP contribution in [0.2, 0.25) is 0 Å². The fourth-order valence-corrected chi connectivity index (χ4v) is 6.02. The van der Waals surface area contributed by atoms with E-state index in [0.717, 1.165) is 71.2 Å². The zero-order valence-corrected chi connectivity index (χ0v) is 22.4. The van der Waals surface area contributed by atoms with Gasteiger partial charge in [-0.2, -0.15) is 0 Å². The topological polar surface area (TPSA) is 44.7 Å². The Kier molecular flexibility index (Phi) is 4.55. The molecule has 1 aliphatic rings. The third-order valence-corrected chi connectivity index (χ3v) is 8.72. The predicted molar refractivity (Wildman–Crippen MR) is 160 cm³/mol. The quantitative estimate of drug-likeness (QED) is 0.219. The summed E-state index contributed by atoms with van der Waals surface area (Å²) in [6.07, 6.45) is 0. The number of furan rings is 2. The molecule has 3 heterocycles. The molecule has 8 rings (SSSR count). The first kappa shape index (κ1) is 22.9. The Morgan fingerprint density at radius 1 is 0.564 bits per heavy atom. The fourth-order valence-electron chi connectivity index (χ4n) is 6.02. The van der Waals surface area contributed by atoms with E-state index in [1.807, 2.05) is 18.2 Å². The second kappa shape index (κ2) is 7.75. The Balaban J connectivity index is 1.45. The van der Waals surface area contributed by atoms with E-state index in [4.69, 9.17) is 18.1 Å². The molecule has 0 saturated carbocycles. The first-order valence-corrected chi connectivity index (χ1v) is 13.5. The Morgan fingerprint density at radius 3 is 2.00 bits per heavy atom. The minimum absolute atomic E-state index is 0.437. The lowest BCUT2D eigenvalue weighted by Crippen LogP contribution is -2.41. The standard InChI is InChI=1S/C34H27BO4/c1-33(2)34(3,4)39-35(38-33)26-17-10-15-23-22-14-9-16-25(31(22)37-32(23)26)29-21-12-6-5-11-20(21)19-28-30(29)24-13-7-8-18-27(24)36-28/h5-19H,1-4H3. The SMILES string of the molecule is CC1(C)OB(c2cccc3c2oc2c(-c4c5ccccc5cc5oc6ccccc6c45)cccc23)OC1(C)C. The number of fused-ring (bicyclic) bond motifs is 7. The molecule has 1 aliphatic heterocycles. The maximum Gasteiger partial charge on any atom is 0.498 e. The van der Waals surface area contributed by atoms with Crippen LogP contribution in [0.5, 0.6) is 0 Å². The van der Waals surface area contributed by atoms with Crippen molar-refractivity contribution in [3.63, 3.8) is 0 Å². The lowest BCUT2D eigenvalue weighted by Gasteiger charge is -2.32. The van der Waals surface area contributed by atoms with E-state index in [1.54, 1.807) is 0 Å². The second-order valence-corrected chi connectivity index (χ2v) is 11.5. The van der Waals surface area contributed by atoms with Gasteiger partial charge in [0.05, 0.1) is 11.2 Å². The summed E-state index contributed by atoms with van der Waals surface area (Å²) in [5, 5.41) is 6.60. The van der Waals surface area contributed by atoms with Crippen LogP contribution < -0.4 is 5.46 Å². The van der Waals surface area contributed by atoms with Crippen molar-refractivity contribution in [3.05, 3.63) is 91.0 Å². The van der Waals surface area contributed by atoms with Crippen molar-refractivity contribution >= 4 is 67.2 Å². The van der Waals surface area contributed by atoms with Crippen molar-refractivity contribution in [3.8, 4) is 11.1 Å². The largest absolute Gasteiger partial charge is 0.498 e. The predicted octanol–water partition coefficient (Wildman–Crippen LogP) is 8.60. The zero-order chi connectivity index (χ0) is 26.5. The summed E-state index contributed by atoms with van der Waals surface area (Å²) in [7, 11) is -0.509. The van der Waals surface area contributed by atoms with Gasteiger partial charge in [-0.15, -0.1) is 0 Å². The van der Waals surface area contributed by atoms with Gasteiger partial charge in [0.2, 0.25) is 0 Å². The molecular weight excluding hydrogens is 483 g/mol. The minimum Gasteiger partial charge on any atom is -0.456 e. The third kappa shape index (κ3) is 3.15. The van der Waals surface area contributed by atoms with E-state index in [-0.39, 0.29) is 0 Å². The van der Waals surface area contributed by atoms with Crippen molar-refractivity contribution in [1.29, 1.82) is 0 Å². The fraction of sp³-hybridized carbons (Fsp3) is 0.176. The highest BCUT2D eigenvalue weighted by Crippen LogP contribution is 2.45. The number of benzene rings is 5. The van der Waals surface area contributed by atoms with Crippen LogP contribution in [-0.2, 0) is 9.31 Å². The molecule has 5 heteroatoms. The van der Waals surface area contributed by atoms with Gasteiger partial charge in [-0.1, -0.05) is 78.9 Å². The van der Waals surface area contributed by atoms with Crippen LogP contribution in [0.1, 0.15) is 27.7 Å². The average molecular weight is 510 g/mol. The van der Waals surface area contributed by atoms with Gasteiger partial charge >= 0.3 is 7.12 Å². The minimum atomic E-state index is -0.509. The highest BCUT2D eigenvalue weighted by atomic mass is 16.7. The van der Waals surface area contributed by atoms with Crippen LogP contribution in [-0.4, -0.2) is 18.3 Å². The van der Waals surface area contributed by atoms with Crippen LogP contribution in [0.3, 0.4) is 0 Å². The summed E-state index contributed by atoms with van der Waals surface area (Å²) in [5.41, 5.74) is 5.59. The van der Waals surface area contributed by atoms with Gasteiger partial charge in [-0.3, -0.25) is 0 Å². The number of rotatable bonds is 2. The second-order valence-electron chi connectivity index (χ2n) is 11.5. The third-order valence-electron chi connectivity index (χ3n) is 8.72. The van der Waals surface area contributed by atoms with Gasteiger partial charge in [-0.25, -0.2) is 0 Å². The van der Waals surface area contributed by atoms with Crippen LogP contribution in [0.25, 0.3) is 65.8 Å². The van der Waals surface area contributed by atoms with Crippen molar-refractivity contribution < 1.29 is 18.1 Å². The molecule has 0 aliphatic carbocycles. The molecule has 0 atom stereocenters. The molecule has 0 bridgehead atoms. The lowest BCUT2D eigenvalue weighted by molar-refractivity contribution is 0.00578. The molecule has 5 aromatic carbocycles. The van der Waals surface area contributed by atoms with E-state index in [2.05, 4.69) is 100 Å². The molecule has 0 unspecified atom stereocenters. The van der Waals surface area contributed by atoms with Gasteiger partial charge in [0.15, 0.2) is 0 Å². The summed E-state index contributed by atoms with van der Waals surface area (Å²) < 4.78 is 26.0. The van der Waals surface area contributed by atoms with Crippen LogP contribution in [0.4, 0.5) is 0 Å². The van der Waals surface area contributed by atoms with E-state index in [1.165, 1.54) is 0 Å². The molecule has 4 nitrogen and oxygen atoms in total. The first-order chi connectivity index (χ1) is 18.8. The lowest BCUT2D eigenvalue weighted by atomic mass is 9.78. The molecular formula is C34H27BO4. The molecule has 0 radical (unpaired) electrons. The smallest absolute Gasteiger partial charge is 0.456 e. The molecule has 1 fully saturated rings. The molecule has 1 saturated heterocycles. The zero-order valence-electron chi connectivity index (χ0n) is 22.4. The first-order valence-electron chi connectivity index (χ1n) is 13.5. The van der Waals surface area contributed by atoms with Crippen molar-refractivity contribution in [2.45, 2.75) is 38.9 Å². The molecule has 190 valence electrons. The summed E-state index contributed by atoms with van der Waals surface area (Å²) in [5.74, 6) is 0. The molecule has 39 heavy (non-hydrogen) atoms. The van der Waals surface area contributed by atoms with Crippen LogP contribution in [0.15, 0.2) is 99.8 Å². The van der Waals surface area contributed by atoms with Gasteiger partial charge in [-0.05, 0) is 50.6 Å². The van der Waals surface area contributed by atoms with E-state index in [0.29, 0.717) is 0 Å². The summed E-state index contributed by atoms with van der Waals surface area (Å²) in [4.78, 5) is 0. The van der Waals surface area contributed by atoms with E-state index >= 15 is 0 Å². The molecule has 2 aromatic heterocycles.